The molecule has 1 amide bonds. The molecule has 0 N–H and O–H groups in total. The molecule has 1 heterocycles. The largest absolute Gasteiger partial charge is 0.360 e. The molecule has 1 aliphatic rings. The minimum absolute atomic E-state index is 0.202. The Morgan fingerprint density at radius 1 is 1.35 bits per heavy atom. The lowest BCUT2D eigenvalue weighted by molar-refractivity contribution is -0.130. The van der Waals surface area contributed by atoms with Gasteiger partial charge in [0.2, 0.25) is 5.91 Å². The molecule has 0 bridgehead atoms. The standard InChI is InChI=1S/C13H17ClN2O/c1-3-15-6-7-16(9-13(15)17)12-5-4-11(14)8-10(12)2/h4-5,8H,3,6-7,9H2,1-2H3. The molecule has 2 rings (SSSR count). The van der Waals surface area contributed by atoms with Crippen LogP contribution in [0.1, 0.15) is 12.5 Å². The van der Waals surface area contributed by atoms with Crippen molar-refractivity contribution in [3.05, 3.63) is 28.8 Å². The number of benzene rings is 1. The monoisotopic (exact) mass is 252 g/mol. The van der Waals surface area contributed by atoms with Crippen LogP contribution in [0.25, 0.3) is 0 Å². The van der Waals surface area contributed by atoms with E-state index in [2.05, 4.69) is 4.90 Å². The molecule has 1 aliphatic heterocycles. The van der Waals surface area contributed by atoms with Gasteiger partial charge in [-0.15, -0.1) is 0 Å². The number of hydrogen-bond donors (Lipinski definition) is 0. The Morgan fingerprint density at radius 2 is 2.12 bits per heavy atom. The number of carbonyl (C=O) groups excluding carboxylic acids is 1. The van der Waals surface area contributed by atoms with Crippen molar-refractivity contribution in [2.45, 2.75) is 13.8 Å². The van der Waals surface area contributed by atoms with Crippen molar-refractivity contribution in [3.63, 3.8) is 0 Å². The number of amides is 1. The maximum absolute atomic E-state index is 11.8. The zero-order valence-corrected chi connectivity index (χ0v) is 11.0. The number of nitrogens with zero attached hydrogens (tertiary/aromatic N) is 2. The van der Waals surface area contributed by atoms with E-state index in [1.165, 1.54) is 0 Å². The molecule has 1 saturated heterocycles. The molecule has 0 unspecified atom stereocenters. The van der Waals surface area contributed by atoms with E-state index in [-0.39, 0.29) is 5.91 Å². The van der Waals surface area contributed by atoms with E-state index in [0.717, 1.165) is 35.9 Å². The van der Waals surface area contributed by atoms with E-state index in [1.54, 1.807) is 0 Å². The third kappa shape index (κ3) is 2.55. The first kappa shape index (κ1) is 12.2. The van der Waals surface area contributed by atoms with Crippen LogP contribution in [-0.4, -0.2) is 37.0 Å². The van der Waals surface area contributed by atoms with Gasteiger partial charge in [-0.05, 0) is 37.6 Å². The lowest BCUT2D eigenvalue weighted by Gasteiger charge is -2.35. The highest BCUT2D eigenvalue weighted by atomic mass is 35.5. The van der Waals surface area contributed by atoms with Crippen LogP contribution in [0.2, 0.25) is 5.02 Å². The molecule has 1 aromatic carbocycles. The Morgan fingerprint density at radius 3 is 2.71 bits per heavy atom. The van der Waals surface area contributed by atoms with E-state index in [0.29, 0.717) is 6.54 Å². The van der Waals surface area contributed by atoms with Gasteiger partial charge in [0, 0.05) is 30.3 Å². The average molecular weight is 253 g/mol. The molecular formula is C13H17ClN2O. The molecule has 3 nitrogen and oxygen atoms in total. The van der Waals surface area contributed by atoms with E-state index in [9.17, 15) is 4.79 Å². The molecule has 1 aromatic rings. The summed E-state index contributed by atoms with van der Waals surface area (Å²) in [5.74, 6) is 0.202. The highest BCUT2D eigenvalue weighted by molar-refractivity contribution is 6.30. The highest BCUT2D eigenvalue weighted by Crippen LogP contribution is 2.24. The Labute approximate surface area is 107 Å². The molecule has 0 radical (unpaired) electrons. The van der Waals surface area contributed by atoms with Crippen molar-refractivity contribution in [3.8, 4) is 0 Å². The van der Waals surface area contributed by atoms with Crippen molar-refractivity contribution in [2.75, 3.05) is 31.1 Å². The van der Waals surface area contributed by atoms with Crippen LogP contribution in [0, 0.1) is 6.92 Å². The minimum atomic E-state index is 0.202. The highest BCUT2D eigenvalue weighted by Gasteiger charge is 2.23. The number of hydrogen-bond acceptors (Lipinski definition) is 2. The lowest BCUT2D eigenvalue weighted by atomic mass is 10.1. The van der Waals surface area contributed by atoms with Crippen molar-refractivity contribution >= 4 is 23.2 Å². The SMILES string of the molecule is CCN1CCN(c2ccc(Cl)cc2C)CC1=O. The smallest absolute Gasteiger partial charge is 0.242 e. The number of anilines is 1. The molecule has 0 atom stereocenters. The normalized spacial score (nSPS) is 16.5. The predicted molar refractivity (Wildman–Crippen MR) is 70.7 cm³/mol. The van der Waals surface area contributed by atoms with Crippen molar-refractivity contribution < 1.29 is 4.79 Å². The summed E-state index contributed by atoms with van der Waals surface area (Å²) >= 11 is 5.94. The predicted octanol–water partition coefficient (Wildman–Crippen LogP) is 2.32. The molecule has 0 spiro atoms. The number of rotatable bonds is 2. The molecule has 1 fully saturated rings. The van der Waals surface area contributed by atoms with Gasteiger partial charge in [0.05, 0.1) is 6.54 Å². The van der Waals surface area contributed by atoms with Gasteiger partial charge in [-0.3, -0.25) is 4.79 Å². The lowest BCUT2D eigenvalue weighted by Crippen LogP contribution is -2.50. The third-order valence-corrected chi connectivity index (χ3v) is 3.44. The summed E-state index contributed by atoms with van der Waals surface area (Å²) in [5, 5.41) is 0.741. The second-order valence-corrected chi connectivity index (χ2v) is 4.76. The average Bonchev–Trinajstić information content (AvgIpc) is 2.29. The van der Waals surface area contributed by atoms with Gasteiger partial charge in [0.25, 0.3) is 0 Å². The van der Waals surface area contributed by atoms with Gasteiger partial charge in [0.1, 0.15) is 0 Å². The summed E-state index contributed by atoms with van der Waals surface area (Å²) in [6, 6.07) is 5.81. The fourth-order valence-corrected chi connectivity index (χ4v) is 2.45. The van der Waals surface area contributed by atoms with Gasteiger partial charge < -0.3 is 9.80 Å². The van der Waals surface area contributed by atoms with E-state index < -0.39 is 0 Å². The third-order valence-electron chi connectivity index (χ3n) is 3.20. The van der Waals surface area contributed by atoms with E-state index in [1.807, 2.05) is 36.9 Å². The van der Waals surface area contributed by atoms with Crippen LogP contribution in [0.5, 0.6) is 0 Å². The summed E-state index contributed by atoms with van der Waals surface area (Å²) in [6.45, 7) is 7.00. The van der Waals surface area contributed by atoms with Gasteiger partial charge in [-0.25, -0.2) is 0 Å². The van der Waals surface area contributed by atoms with Gasteiger partial charge in [-0.1, -0.05) is 11.6 Å². The van der Waals surface area contributed by atoms with Gasteiger partial charge in [-0.2, -0.15) is 0 Å². The first-order chi connectivity index (χ1) is 8.11. The molecule has 0 aromatic heterocycles. The number of likely N-dealkylation sites (N-methyl/N-ethyl adjacent to an activating group) is 1. The number of halogens is 1. The van der Waals surface area contributed by atoms with Crippen molar-refractivity contribution in [2.24, 2.45) is 0 Å². The zero-order chi connectivity index (χ0) is 12.4. The number of aryl methyl sites for hydroxylation is 1. The van der Waals surface area contributed by atoms with Gasteiger partial charge in [0.15, 0.2) is 0 Å². The van der Waals surface area contributed by atoms with Crippen LogP contribution in [0.4, 0.5) is 5.69 Å². The first-order valence-electron chi connectivity index (χ1n) is 5.90. The van der Waals surface area contributed by atoms with Crippen molar-refractivity contribution in [1.82, 2.24) is 4.90 Å². The van der Waals surface area contributed by atoms with Crippen LogP contribution in [-0.2, 0) is 4.79 Å². The van der Waals surface area contributed by atoms with Gasteiger partial charge >= 0.3 is 0 Å². The topological polar surface area (TPSA) is 23.6 Å². The maximum Gasteiger partial charge on any atom is 0.242 e. The fraction of sp³-hybridized carbons (Fsp3) is 0.462. The first-order valence-corrected chi connectivity index (χ1v) is 6.28. The molecule has 4 heteroatoms. The second kappa shape index (κ2) is 4.96. The Hall–Kier alpha value is -1.22. The second-order valence-electron chi connectivity index (χ2n) is 4.33. The number of carbonyl (C=O) groups is 1. The number of piperazine rings is 1. The Kier molecular flexibility index (Phi) is 3.57. The molecular weight excluding hydrogens is 236 g/mol. The molecule has 0 aliphatic carbocycles. The molecule has 92 valence electrons. The maximum atomic E-state index is 11.8. The van der Waals surface area contributed by atoms with Crippen LogP contribution >= 0.6 is 11.6 Å². The quantitative estimate of drug-likeness (QED) is 0.807. The summed E-state index contributed by atoms with van der Waals surface area (Å²) < 4.78 is 0. The Bertz CT molecular complexity index is 433. The molecule has 17 heavy (non-hydrogen) atoms. The minimum Gasteiger partial charge on any atom is -0.360 e. The Balaban J connectivity index is 2.16. The summed E-state index contributed by atoms with van der Waals surface area (Å²) in [5.41, 5.74) is 2.23. The van der Waals surface area contributed by atoms with Crippen LogP contribution < -0.4 is 4.90 Å². The summed E-state index contributed by atoms with van der Waals surface area (Å²) in [7, 11) is 0. The van der Waals surface area contributed by atoms with E-state index >= 15 is 0 Å². The molecule has 0 saturated carbocycles. The van der Waals surface area contributed by atoms with Crippen molar-refractivity contribution in [1.29, 1.82) is 0 Å². The fourth-order valence-electron chi connectivity index (χ4n) is 2.22. The summed E-state index contributed by atoms with van der Waals surface area (Å²) in [6.07, 6.45) is 0. The van der Waals surface area contributed by atoms with Crippen LogP contribution in [0.3, 0.4) is 0 Å². The summed E-state index contributed by atoms with van der Waals surface area (Å²) in [4.78, 5) is 15.9. The van der Waals surface area contributed by atoms with E-state index in [4.69, 9.17) is 11.6 Å². The van der Waals surface area contributed by atoms with Crippen LogP contribution in [0.15, 0.2) is 18.2 Å². The zero-order valence-electron chi connectivity index (χ0n) is 10.2.